The van der Waals surface area contributed by atoms with Gasteiger partial charge in [-0.2, -0.15) is 0 Å². The van der Waals surface area contributed by atoms with E-state index in [1.165, 1.54) is 18.2 Å². The second-order valence-corrected chi connectivity index (χ2v) is 5.97. The first-order valence-electron chi connectivity index (χ1n) is 5.76. The zero-order chi connectivity index (χ0) is 14.9. The number of benzene rings is 2. The Morgan fingerprint density at radius 1 is 1.15 bits per heavy atom. The fraction of sp³-hybridized carbons (Fsp3) is 0.0714. The molecule has 0 aromatic heterocycles. The van der Waals surface area contributed by atoms with Crippen molar-refractivity contribution in [1.82, 2.24) is 0 Å². The van der Waals surface area contributed by atoms with E-state index < -0.39 is 16.0 Å². The summed E-state index contributed by atoms with van der Waals surface area (Å²) in [7, 11) is -3.74. The van der Waals surface area contributed by atoms with Gasteiger partial charge in [-0.05, 0) is 47.9 Å². The summed E-state index contributed by atoms with van der Waals surface area (Å²) in [6.45, 7) is 1.75. The maximum Gasteiger partial charge on any atom is 0.335 e. The van der Waals surface area contributed by atoms with Crippen molar-refractivity contribution < 1.29 is 18.3 Å². The van der Waals surface area contributed by atoms with Gasteiger partial charge in [-0.1, -0.05) is 18.2 Å². The van der Waals surface area contributed by atoms with Gasteiger partial charge in [0, 0.05) is 0 Å². The Kier molecular flexibility index (Phi) is 3.61. The van der Waals surface area contributed by atoms with Crippen LogP contribution in [0.3, 0.4) is 0 Å². The molecule has 20 heavy (non-hydrogen) atoms. The highest BCUT2D eigenvalue weighted by Gasteiger charge is 2.11. The van der Waals surface area contributed by atoms with Gasteiger partial charge in [-0.25, -0.2) is 18.4 Å². The number of hydrogen-bond donors (Lipinski definition) is 2. The summed E-state index contributed by atoms with van der Waals surface area (Å²) in [6, 6.07) is 11.0. The lowest BCUT2D eigenvalue weighted by atomic mass is 9.99. The van der Waals surface area contributed by atoms with E-state index in [0.717, 1.165) is 5.56 Å². The van der Waals surface area contributed by atoms with E-state index in [1.807, 2.05) is 0 Å². The molecule has 104 valence electrons. The van der Waals surface area contributed by atoms with Crippen LogP contribution in [0.1, 0.15) is 15.9 Å². The number of hydrogen-bond acceptors (Lipinski definition) is 3. The molecule has 3 N–H and O–H groups in total. The Morgan fingerprint density at radius 3 is 2.40 bits per heavy atom. The molecule has 0 aliphatic carbocycles. The Hall–Kier alpha value is -2.18. The van der Waals surface area contributed by atoms with Crippen LogP contribution in [0, 0.1) is 6.92 Å². The van der Waals surface area contributed by atoms with Gasteiger partial charge in [-0.3, -0.25) is 0 Å². The van der Waals surface area contributed by atoms with E-state index in [0.29, 0.717) is 11.1 Å². The normalized spacial score (nSPS) is 11.3. The zero-order valence-corrected chi connectivity index (χ0v) is 11.5. The molecular weight excluding hydrogens is 278 g/mol. The summed E-state index contributed by atoms with van der Waals surface area (Å²) >= 11 is 0. The largest absolute Gasteiger partial charge is 0.478 e. The monoisotopic (exact) mass is 291 g/mol. The number of carbonyl (C=O) groups is 1. The Balaban J connectivity index is 2.54. The van der Waals surface area contributed by atoms with Crippen LogP contribution >= 0.6 is 0 Å². The second kappa shape index (κ2) is 5.07. The van der Waals surface area contributed by atoms with Gasteiger partial charge >= 0.3 is 5.97 Å². The highest BCUT2D eigenvalue weighted by molar-refractivity contribution is 7.89. The first-order valence-corrected chi connectivity index (χ1v) is 7.31. The van der Waals surface area contributed by atoms with Crippen LogP contribution in [0.5, 0.6) is 0 Å². The third kappa shape index (κ3) is 2.87. The molecule has 0 saturated heterocycles. The van der Waals surface area contributed by atoms with Gasteiger partial charge < -0.3 is 5.11 Å². The SMILES string of the molecule is Cc1cc(S(N)(=O)=O)ccc1-c1cccc(C(=O)O)c1. The second-order valence-electron chi connectivity index (χ2n) is 4.41. The maximum atomic E-state index is 11.3. The van der Waals surface area contributed by atoms with Crippen LogP contribution in [0.2, 0.25) is 0 Å². The van der Waals surface area contributed by atoms with E-state index in [-0.39, 0.29) is 10.5 Å². The van der Waals surface area contributed by atoms with Gasteiger partial charge in [0.05, 0.1) is 10.5 Å². The van der Waals surface area contributed by atoms with Gasteiger partial charge in [0.2, 0.25) is 10.0 Å². The predicted octanol–water partition coefficient (Wildman–Crippen LogP) is 2.01. The van der Waals surface area contributed by atoms with Gasteiger partial charge in [0.15, 0.2) is 0 Å². The van der Waals surface area contributed by atoms with Gasteiger partial charge in [0.1, 0.15) is 0 Å². The molecule has 0 fully saturated rings. The molecule has 6 heteroatoms. The fourth-order valence-electron chi connectivity index (χ4n) is 1.96. The Labute approximate surface area is 116 Å². The standard InChI is InChI=1S/C14H13NO4S/c1-9-7-12(20(15,18)19)5-6-13(9)10-3-2-4-11(8-10)14(16)17/h2-8H,1H3,(H,16,17)(H2,15,18,19). The molecule has 0 bridgehead atoms. The number of nitrogens with two attached hydrogens (primary N) is 1. The van der Waals surface area contributed by atoms with E-state index in [4.69, 9.17) is 10.2 Å². The molecular formula is C14H13NO4S. The summed E-state index contributed by atoms with van der Waals surface area (Å²) in [5, 5.41) is 14.1. The number of sulfonamides is 1. The van der Waals surface area contributed by atoms with Gasteiger partial charge in [0.25, 0.3) is 0 Å². The molecule has 0 aliphatic rings. The van der Waals surface area contributed by atoms with E-state index in [1.54, 1.807) is 31.2 Å². The van der Waals surface area contributed by atoms with E-state index in [9.17, 15) is 13.2 Å². The molecule has 0 unspecified atom stereocenters. The average Bonchev–Trinajstić information content (AvgIpc) is 2.37. The minimum atomic E-state index is -3.74. The summed E-state index contributed by atoms with van der Waals surface area (Å²) in [4.78, 5) is 11.0. The quantitative estimate of drug-likeness (QED) is 0.903. The molecule has 2 aromatic carbocycles. The van der Waals surface area contributed by atoms with Crippen LogP contribution in [0.25, 0.3) is 11.1 Å². The molecule has 2 rings (SSSR count). The van der Waals surface area contributed by atoms with Crippen molar-refractivity contribution >= 4 is 16.0 Å². The molecule has 0 spiro atoms. The zero-order valence-electron chi connectivity index (χ0n) is 10.7. The van der Waals surface area contributed by atoms with Gasteiger partial charge in [-0.15, -0.1) is 0 Å². The van der Waals surface area contributed by atoms with Crippen LogP contribution < -0.4 is 5.14 Å². The summed E-state index contributed by atoms with van der Waals surface area (Å²) < 4.78 is 22.6. The number of aromatic carboxylic acids is 1. The summed E-state index contributed by atoms with van der Waals surface area (Å²) in [5.41, 5.74) is 2.36. The van der Waals surface area contributed by atoms with Crippen molar-refractivity contribution in [3.05, 3.63) is 53.6 Å². The number of primary sulfonamides is 1. The number of carboxylic acids is 1. The molecule has 0 atom stereocenters. The van der Waals surface area contributed by atoms with Crippen molar-refractivity contribution in [2.45, 2.75) is 11.8 Å². The highest BCUT2D eigenvalue weighted by Crippen LogP contribution is 2.26. The number of rotatable bonds is 3. The van der Waals surface area contributed by atoms with Crippen LogP contribution in [-0.2, 0) is 10.0 Å². The smallest absolute Gasteiger partial charge is 0.335 e. The molecule has 0 radical (unpaired) electrons. The van der Waals surface area contributed by atoms with Crippen molar-refractivity contribution in [3.8, 4) is 11.1 Å². The third-order valence-electron chi connectivity index (χ3n) is 2.95. The first kappa shape index (κ1) is 14.2. The van der Waals surface area contributed by atoms with Crippen molar-refractivity contribution in [1.29, 1.82) is 0 Å². The molecule has 0 amide bonds. The Morgan fingerprint density at radius 2 is 1.85 bits per heavy atom. The fourth-order valence-corrected chi connectivity index (χ4v) is 2.56. The maximum absolute atomic E-state index is 11.3. The summed E-state index contributed by atoms with van der Waals surface area (Å²) in [6.07, 6.45) is 0. The lowest BCUT2D eigenvalue weighted by Crippen LogP contribution is -2.12. The van der Waals surface area contributed by atoms with Crippen LogP contribution in [0.15, 0.2) is 47.4 Å². The average molecular weight is 291 g/mol. The topological polar surface area (TPSA) is 97.5 Å². The molecule has 0 saturated carbocycles. The number of carboxylic acid groups (broad SMARTS) is 1. The lowest BCUT2D eigenvalue weighted by molar-refractivity contribution is 0.0697. The summed E-state index contributed by atoms with van der Waals surface area (Å²) in [5.74, 6) is -1.01. The van der Waals surface area contributed by atoms with E-state index in [2.05, 4.69) is 0 Å². The van der Waals surface area contributed by atoms with Crippen LogP contribution in [0.4, 0.5) is 0 Å². The van der Waals surface area contributed by atoms with Crippen molar-refractivity contribution in [2.24, 2.45) is 5.14 Å². The van der Waals surface area contributed by atoms with Crippen LogP contribution in [-0.4, -0.2) is 19.5 Å². The van der Waals surface area contributed by atoms with E-state index >= 15 is 0 Å². The molecule has 0 heterocycles. The molecule has 0 aliphatic heterocycles. The molecule has 2 aromatic rings. The molecule has 5 nitrogen and oxygen atoms in total. The first-order chi connectivity index (χ1) is 9.29. The Bertz CT molecular complexity index is 782. The number of aryl methyl sites for hydroxylation is 1. The minimum Gasteiger partial charge on any atom is -0.478 e. The third-order valence-corrected chi connectivity index (χ3v) is 3.86. The highest BCUT2D eigenvalue weighted by atomic mass is 32.2. The lowest BCUT2D eigenvalue weighted by Gasteiger charge is -2.08. The predicted molar refractivity (Wildman–Crippen MR) is 74.9 cm³/mol. The van der Waals surface area contributed by atoms with Crippen molar-refractivity contribution in [3.63, 3.8) is 0 Å². The van der Waals surface area contributed by atoms with Crippen molar-refractivity contribution in [2.75, 3.05) is 0 Å². The minimum absolute atomic E-state index is 0.0353.